The molecule has 2 amide bonds. The molecule has 0 aliphatic heterocycles. The minimum absolute atomic E-state index is 0.106. The average molecular weight is 246 g/mol. The van der Waals surface area contributed by atoms with Gasteiger partial charge in [0.1, 0.15) is 5.82 Å². The van der Waals surface area contributed by atoms with E-state index < -0.39 is 11.8 Å². The number of nitrogens with one attached hydrogen (secondary N) is 2. The maximum Gasteiger partial charge on any atom is 0.312 e. The normalized spacial score (nSPS) is 10.1. The van der Waals surface area contributed by atoms with E-state index in [4.69, 9.17) is 17.3 Å². The minimum Gasteiger partial charge on any atom is -0.352 e. The molecule has 0 aliphatic rings. The summed E-state index contributed by atoms with van der Waals surface area (Å²) in [6.07, 6.45) is 0. The Morgan fingerprint density at radius 1 is 1.44 bits per heavy atom. The molecule has 4 nitrogen and oxygen atoms in total. The molecule has 0 unspecified atom stereocenters. The van der Waals surface area contributed by atoms with Crippen molar-refractivity contribution in [3.8, 4) is 0 Å². The van der Waals surface area contributed by atoms with Crippen LogP contribution in [0.25, 0.3) is 0 Å². The lowest BCUT2D eigenvalue weighted by molar-refractivity contribution is 0.249. The molecule has 88 valence electrons. The van der Waals surface area contributed by atoms with Gasteiger partial charge in [0, 0.05) is 19.6 Å². The van der Waals surface area contributed by atoms with Gasteiger partial charge in [0.15, 0.2) is 0 Å². The van der Waals surface area contributed by atoms with Crippen molar-refractivity contribution in [2.24, 2.45) is 5.73 Å². The van der Waals surface area contributed by atoms with Crippen molar-refractivity contribution < 1.29 is 9.18 Å². The Kier molecular flexibility index (Phi) is 5.01. The van der Waals surface area contributed by atoms with Gasteiger partial charge in [-0.25, -0.2) is 9.18 Å². The molecule has 0 spiro atoms. The summed E-state index contributed by atoms with van der Waals surface area (Å²) < 4.78 is 12.8. The van der Waals surface area contributed by atoms with Crippen LogP contribution in [-0.2, 0) is 6.54 Å². The summed E-state index contributed by atoms with van der Waals surface area (Å²) in [7, 11) is 0. The third kappa shape index (κ3) is 4.46. The van der Waals surface area contributed by atoms with E-state index in [1.807, 2.05) is 0 Å². The highest BCUT2D eigenvalue weighted by molar-refractivity contribution is 6.30. The molecule has 0 aliphatic carbocycles. The predicted molar refractivity (Wildman–Crippen MR) is 60.7 cm³/mol. The van der Waals surface area contributed by atoms with Gasteiger partial charge in [-0.1, -0.05) is 17.7 Å². The zero-order valence-corrected chi connectivity index (χ0v) is 9.35. The maximum absolute atomic E-state index is 12.8. The number of amides is 2. The number of carbonyl (C=O) groups excluding carboxylic acids is 1. The number of primary amides is 1. The van der Waals surface area contributed by atoms with Crippen LogP contribution in [0, 0.1) is 5.82 Å². The summed E-state index contributed by atoms with van der Waals surface area (Å²) in [5, 5.41) is 5.60. The second-order valence-electron chi connectivity index (χ2n) is 3.22. The first-order chi connectivity index (χ1) is 7.59. The van der Waals surface area contributed by atoms with Crippen molar-refractivity contribution in [3.05, 3.63) is 34.6 Å². The van der Waals surface area contributed by atoms with Gasteiger partial charge in [0.25, 0.3) is 0 Å². The molecule has 0 radical (unpaired) electrons. The van der Waals surface area contributed by atoms with Gasteiger partial charge in [-0.05, 0) is 17.7 Å². The fraction of sp³-hybridized carbons (Fsp3) is 0.300. The Balaban J connectivity index is 2.27. The summed E-state index contributed by atoms with van der Waals surface area (Å²) in [5.74, 6) is -0.430. The molecule has 4 N–H and O–H groups in total. The van der Waals surface area contributed by atoms with E-state index in [1.54, 1.807) is 12.1 Å². The number of halogens is 2. The molecule has 1 aromatic carbocycles. The molecule has 0 bridgehead atoms. The Labute approximate surface area is 98.0 Å². The highest BCUT2D eigenvalue weighted by Gasteiger charge is 2.00. The van der Waals surface area contributed by atoms with Gasteiger partial charge >= 0.3 is 6.03 Å². The van der Waals surface area contributed by atoms with Gasteiger partial charge in [0.2, 0.25) is 0 Å². The number of rotatable bonds is 5. The summed E-state index contributed by atoms with van der Waals surface area (Å²) >= 11 is 5.62. The number of hydrogen-bond donors (Lipinski definition) is 3. The summed E-state index contributed by atoms with van der Waals surface area (Å²) in [5.41, 5.74) is 5.77. The molecule has 16 heavy (non-hydrogen) atoms. The third-order valence-electron chi connectivity index (χ3n) is 1.91. The molecule has 0 fully saturated rings. The third-order valence-corrected chi connectivity index (χ3v) is 2.20. The van der Waals surface area contributed by atoms with Gasteiger partial charge < -0.3 is 16.4 Å². The zero-order chi connectivity index (χ0) is 12.0. The van der Waals surface area contributed by atoms with Crippen molar-refractivity contribution in [1.82, 2.24) is 10.6 Å². The van der Waals surface area contributed by atoms with Gasteiger partial charge in [-0.3, -0.25) is 0 Å². The fourth-order valence-electron chi connectivity index (χ4n) is 1.16. The topological polar surface area (TPSA) is 67.2 Å². The highest BCUT2D eigenvalue weighted by Crippen LogP contribution is 2.15. The van der Waals surface area contributed by atoms with Crippen LogP contribution in [0.15, 0.2) is 18.2 Å². The first-order valence-corrected chi connectivity index (χ1v) is 5.15. The lowest BCUT2D eigenvalue weighted by Crippen LogP contribution is -2.35. The van der Waals surface area contributed by atoms with E-state index in [0.29, 0.717) is 19.6 Å². The quantitative estimate of drug-likeness (QED) is 0.684. The van der Waals surface area contributed by atoms with E-state index in [9.17, 15) is 9.18 Å². The second-order valence-corrected chi connectivity index (χ2v) is 3.62. The number of benzene rings is 1. The first kappa shape index (κ1) is 12.7. The Bertz CT molecular complexity index is 373. The highest BCUT2D eigenvalue weighted by atomic mass is 35.5. The molecule has 0 saturated carbocycles. The smallest absolute Gasteiger partial charge is 0.312 e. The number of carbonyl (C=O) groups is 1. The number of urea groups is 1. The van der Waals surface area contributed by atoms with Crippen LogP contribution in [0.1, 0.15) is 5.56 Å². The molecule has 0 saturated heterocycles. The predicted octanol–water partition coefficient (Wildman–Crippen LogP) is 1.24. The van der Waals surface area contributed by atoms with Crippen LogP contribution in [0.5, 0.6) is 0 Å². The number of hydrogen-bond acceptors (Lipinski definition) is 2. The lowest BCUT2D eigenvalue weighted by Gasteiger charge is -2.05. The van der Waals surface area contributed by atoms with E-state index in [1.165, 1.54) is 6.07 Å². The molecule has 0 heterocycles. The van der Waals surface area contributed by atoms with Gasteiger partial charge in [-0.2, -0.15) is 0 Å². The van der Waals surface area contributed by atoms with Crippen LogP contribution in [0.2, 0.25) is 5.02 Å². The lowest BCUT2D eigenvalue weighted by atomic mass is 10.2. The van der Waals surface area contributed by atoms with E-state index in [2.05, 4.69) is 10.6 Å². The largest absolute Gasteiger partial charge is 0.352 e. The maximum atomic E-state index is 12.8. The van der Waals surface area contributed by atoms with E-state index in [-0.39, 0.29) is 5.02 Å². The monoisotopic (exact) mass is 245 g/mol. The SMILES string of the molecule is NC(=O)NCCNCc1ccc(F)c(Cl)c1. The van der Waals surface area contributed by atoms with Crippen molar-refractivity contribution in [2.45, 2.75) is 6.54 Å². The molecular weight excluding hydrogens is 233 g/mol. The molecule has 1 aromatic rings. The van der Waals surface area contributed by atoms with Crippen LogP contribution in [0.3, 0.4) is 0 Å². The van der Waals surface area contributed by atoms with Crippen molar-refractivity contribution in [2.75, 3.05) is 13.1 Å². The van der Waals surface area contributed by atoms with Crippen LogP contribution < -0.4 is 16.4 Å². The van der Waals surface area contributed by atoms with Crippen molar-refractivity contribution in [1.29, 1.82) is 0 Å². The standard InChI is InChI=1S/C10H13ClFN3O/c11-8-5-7(1-2-9(8)12)6-14-3-4-15-10(13)16/h1-2,5,14H,3-4,6H2,(H3,13,15,16). The summed E-state index contributed by atoms with van der Waals surface area (Å²) in [6.45, 7) is 1.59. The zero-order valence-electron chi connectivity index (χ0n) is 8.59. The molecule has 0 aromatic heterocycles. The summed E-state index contributed by atoms with van der Waals surface area (Å²) in [4.78, 5) is 10.3. The number of nitrogens with two attached hydrogens (primary N) is 1. The van der Waals surface area contributed by atoms with E-state index in [0.717, 1.165) is 5.56 Å². The van der Waals surface area contributed by atoms with Gasteiger partial charge in [-0.15, -0.1) is 0 Å². The Hall–Kier alpha value is -1.33. The Morgan fingerprint density at radius 2 is 2.19 bits per heavy atom. The Morgan fingerprint density at radius 3 is 2.81 bits per heavy atom. The van der Waals surface area contributed by atoms with Gasteiger partial charge in [0.05, 0.1) is 5.02 Å². The molecular formula is C10H13ClFN3O. The van der Waals surface area contributed by atoms with E-state index >= 15 is 0 Å². The average Bonchev–Trinajstić information content (AvgIpc) is 2.22. The van der Waals surface area contributed by atoms with Crippen LogP contribution in [0.4, 0.5) is 9.18 Å². The van der Waals surface area contributed by atoms with Crippen molar-refractivity contribution >= 4 is 17.6 Å². The first-order valence-electron chi connectivity index (χ1n) is 4.77. The summed E-state index contributed by atoms with van der Waals surface area (Å²) in [6, 6.07) is 3.98. The fourth-order valence-corrected chi connectivity index (χ4v) is 1.36. The van der Waals surface area contributed by atoms with Crippen molar-refractivity contribution in [3.63, 3.8) is 0 Å². The van der Waals surface area contributed by atoms with Crippen LogP contribution in [-0.4, -0.2) is 19.1 Å². The van der Waals surface area contributed by atoms with Crippen LogP contribution >= 0.6 is 11.6 Å². The minimum atomic E-state index is -0.549. The molecule has 6 heteroatoms. The second kappa shape index (κ2) is 6.30. The molecule has 0 atom stereocenters. The molecule has 1 rings (SSSR count).